The van der Waals surface area contributed by atoms with Crippen LogP contribution in [0.4, 0.5) is 5.69 Å². The quantitative estimate of drug-likeness (QED) is 0.786. The summed E-state index contributed by atoms with van der Waals surface area (Å²) >= 11 is 0. The number of nitrogens with zero attached hydrogens (tertiary/aromatic N) is 2. The number of aromatic amines is 1. The van der Waals surface area contributed by atoms with Crippen molar-refractivity contribution < 1.29 is 14.3 Å². The van der Waals surface area contributed by atoms with Crippen molar-refractivity contribution in [3.05, 3.63) is 36.2 Å². The lowest BCUT2D eigenvalue weighted by Gasteiger charge is -1.98. The highest BCUT2D eigenvalue weighted by Crippen LogP contribution is 2.14. The third-order valence-electron chi connectivity index (χ3n) is 2.37. The highest BCUT2D eigenvalue weighted by atomic mass is 16.5. The zero-order valence-corrected chi connectivity index (χ0v) is 9.93. The normalized spacial score (nSPS) is 10.1. The summed E-state index contributed by atoms with van der Waals surface area (Å²) in [6, 6.07) is 1.53. The first-order chi connectivity index (χ1) is 8.61. The number of imidazole rings is 1. The molecule has 18 heavy (non-hydrogen) atoms. The third-order valence-corrected chi connectivity index (χ3v) is 2.37. The number of carbonyl (C=O) groups is 2. The minimum Gasteiger partial charge on any atom is -0.464 e. The number of nitrogens with one attached hydrogen (secondary N) is 2. The van der Waals surface area contributed by atoms with Crippen LogP contribution in [0.2, 0.25) is 0 Å². The molecule has 0 bridgehead atoms. The number of aromatic nitrogens is 3. The van der Waals surface area contributed by atoms with Gasteiger partial charge in [0, 0.05) is 25.6 Å². The maximum absolute atomic E-state index is 11.7. The number of ether oxygens (including phenoxy) is 1. The number of carbonyl (C=O) groups excluding carboxylic acids is 2. The Kier molecular flexibility index (Phi) is 3.13. The summed E-state index contributed by atoms with van der Waals surface area (Å²) in [5, 5.41) is 2.62. The molecule has 2 N–H and O–H groups in total. The Bertz CT molecular complexity index is 571. The van der Waals surface area contributed by atoms with Gasteiger partial charge in [-0.25, -0.2) is 9.78 Å². The first-order valence-corrected chi connectivity index (χ1v) is 5.17. The second kappa shape index (κ2) is 4.74. The number of amides is 1. The molecule has 0 saturated carbocycles. The predicted molar refractivity (Wildman–Crippen MR) is 63.3 cm³/mol. The molecule has 2 rings (SSSR count). The van der Waals surface area contributed by atoms with Crippen molar-refractivity contribution in [2.75, 3.05) is 12.4 Å². The number of anilines is 1. The fraction of sp³-hybridized carbons (Fsp3) is 0.182. The molecule has 7 nitrogen and oxygen atoms in total. The Balaban J connectivity index is 2.16. The largest absolute Gasteiger partial charge is 0.464 e. The van der Waals surface area contributed by atoms with Crippen LogP contribution < -0.4 is 5.32 Å². The molecule has 0 saturated heterocycles. The molecule has 0 atom stereocenters. The molecule has 0 spiro atoms. The minimum absolute atomic E-state index is 0.207. The summed E-state index contributed by atoms with van der Waals surface area (Å²) in [5.41, 5.74) is 0.853. The Morgan fingerprint density at radius 3 is 2.89 bits per heavy atom. The first-order valence-electron chi connectivity index (χ1n) is 5.17. The molecule has 0 fully saturated rings. The average molecular weight is 248 g/mol. The molecule has 0 unspecified atom stereocenters. The molecule has 0 aromatic carbocycles. The summed E-state index contributed by atoms with van der Waals surface area (Å²) in [7, 11) is 2.99. The van der Waals surface area contributed by atoms with Gasteiger partial charge in [-0.2, -0.15) is 0 Å². The highest BCUT2D eigenvalue weighted by Gasteiger charge is 2.14. The molecule has 1 amide bonds. The highest BCUT2D eigenvalue weighted by molar-refractivity contribution is 6.02. The number of H-pyrrole nitrogens is 1. The number of aryl methyl sites for hydroxylation is 1. The van der Waals surface area contributed by atoms with E-state index in [0.29, 0.717) is 11.4 Å². The van der Waals surface area contributed by atoms with Crippen molar-refractivity contribution in [2.24, 2.45) is 7.05 Å². The molecule has 0 aliphatic rings. The van der Waals surface area contributed by atoms with E-state index in [1.54, 1.807) is 24.0 Å². The minimum atomic E-state index is -0.462. The van der Waals surface area contributed by atoms with Crippen LogP contribution in [0.3, 0.4) is 0 Å². The summed E-state index contributed by atoms with van der Waals surface area (Å²) < 4.78 is 6.19. The van der Waals surface area contributed by atoms with Crippen molar-refractivity contribution >= 4 is 17.6 Å². The van der Waals surface area contributed by atoms with Crippen molar-refractivity contribution in [1.82, 2.24) is 14.5 Å². The van der Waals surface area contributed by atoms with E-state index >= 15 is 0 Å². The fourth-order valence-electron chi connectivity index (χ4n) is 1.52. The standard InChI is InChI=1S/C11H12N4O3/c1-15-6-7(5-8(15)11(17)18-2)14-10(16)9-12-3-4-13-9/h3-6H,1-2H3,(H,12,13)(H,14,16). The predicted octanol–water partition coefficient (Wildman–Crippen LogP) is 0.787. The van der Waals surface area contributed by atoms with Crippen LogP contribution >= 0.6 is 0 Å². The Labute approximate surface area is 103 Å². The van der Waals surface area contributed by atoms with Crippen LogP contribution in [0.1, 0.15) is 21.1 Å². The van der Waals surface area contributed by atoms with Gasteiger partial charge in [-0.1, -0.05) is 0 Å². The van der Waals surface area contributed by atoms with Crippen molar-refractivity contribution in [3.8, 4) is 0 Å². The van der Waals surface area contributed by atoms with Gasteiger partial charge in [0.05, 0.1) is 12.8 Å². The van der Waals surface area contributed by atoms with Gasteiger partial charge in [-0.05, 0) is 6.07 Å². The molecule has 2 heterocycles. The molecule has 7 heteroatoms. The number of esters is 1. The topological polar surface area (TPSA) is 89.0 Å². The second-order valence-electron chi connectivity index (χ2n) is 3.61. The number of methoxy groups -OCH3 is 1. The van der Waals surface area contributed by atoms with Gasteiger partial charge < -0.3 is 19.6 Å². The molecule has 94 valence electrons. The molecular formula is C11H12N4O3. The number of rotatable bonds is 3. The van der Waals surface area contributed by atoms with Gasteiger partial charge in [-0.15, -0.1) is 0 Å². The third kappa shape index (κ3) is 2.24. The van der Waals surface area contributed by atoms with Crippen LogP contribution in [-0.4, -0.2) is 33.5 Å². The lowest BCUT2D eigenvalue weighted by atomic mass is 10.4. The van der Waals surface area contributed by atoms with Crippen LogP contribution in [0.25, 0.3) is 0 Å². The zero-order valence-electron chi connectivity index (χ0n) is 9.93. The van der Waals surface area contributed by atoms with E-state index in [-0.39, 0.29) is 11.7 Å². The van der Waals surface area contributed by atoms with Gasteiger partial charge in [0.15, 0.2) is 5.82 Å². The second-order valence-corrected chi connectivity index (χ2v) is 3.61. The average Bonchev–Trinajstić information content (AvgIpc) is 2.97. The van der Waals surface area contributed by atoms with E-state index in [1.165, 1.54) is 19.4 Å². The van der Waals surface area contributed by atoms with Crippen LogP contribution in [-0.2, 0) is 11.8 Å². The Hall–Kier alpha value is -2.57. The fourth-order valence-corrected chi connectivity index (χ4v) is 1.52. The number of hydrogen-bond acceptors (Lipinski definition) is 4. The van der Waals surface area contributed by atoms with E-state index in [2.05, 4.69) is 20.0 Å². The molecular weight excluding hydrogens is 236 g/mol. The summed E-state index contributed by atoms with van der Waals surface area (Å²) in [6.45, 7) is 0. The lowest BCUT2D eigenvalue weighted by molar-refractivity contribution is 0.0590. The monoisotopic (exact) mass is 248 g/mol. The smallest absolute Gasteiger partial charge is 0.354 e. The zero-order chi connectivity index (χ0) is 13.1. The van der Waals surface area contributed by atoms with Gasteiger partial charge in [0.25, 0.3) is 5.91 Å². The van der Waals surface area contributed by atoms with E-state index in [9.17, 15) is 9.59 Å². The van der Waals surface area contributed by atoms with Crippen LogP contribution in [0.15, 0.2) is 24.7 Å². The van der Waals surface area contributed by atoms with Crippen molar-refractivity contribution in [3.63, 3.8) is 0 Å². The summed E-state index contributed by atoms with van der Waals surface area (Å²) in [6.07, 6.45) is 4.66. The van der Waals surface area contributed by atoms with Crippen molar-refractivity contribution in [2.45, 2.75) is 0 Å². The van der Waals surface area contributed by atoms with Gasteiger partial charge >= 0.3 is 5.97 Å². The maximum Gasteiger partial charge on any atom is 0.354 e. The van der Waals surface area contributed by atoms with Crippen LogP contribution in [0, 0.1) is 0 Å². The lowest BCUT2D eigenvalue weighted by Crippen LogP contribution is -2.13. The Morgan fingerprint density at radius 2 is 2.28 bits per heavy atom. The summed E-state index contributed by atoms with van der Waals surface area (Å²) in [4.78, 5) is 29.6. The molecule has 0 aliphatic heterocycles. The first kappa shape index (κ1) is 11.9. The molecule has 0 aliphatic carbocycles. The number of hydrogen-bond donors (Lipinski definition) is 2. The van der Waals surface area contributed by atoms with Gasteiger partial charge in [-0.3, -0.25) is 4.79 Å². The van der Waals surface area contributed by atoms with Crippen molar-refractivity contribution in [1.29, 1.82) is 0 Å². The van der Waals surface area contributed by atoms with Crippen LogP contribution in [0.5, 0.6) is 0 Å². The molecule has 2 aromatic rings. The summed E-state index contributed by atoms with van der Waals surface area (Å²) in [5.74, 6) is -0.628. The SMILES string of the molecule is COC(=O)c1cc(NC(=O)c2ncc[nH]2)cn1C. The molecule has 0 radical (unpaired) electrons. The van der Waals surface area contributed by atoms with E-state index in [1.807, 2.05) is 0 Å². The van der Waals surface area contributed by atoms with E-state index in [4.69, 9.17) is 0 Å². The van der Waals surface area contributed by atoms with Gasteiger partial charge in [0.1, 0.15) is 5.69 Å². The molecule has 2 aromatic heterocycles. The van der Waals surface area contributed by atoms with E-state index < -0.39 is 5.97 Å². The maximum atomic E-state index is 11.7. The Morgan fingerprint density at radius 1 is 1.50 bits per heavy atom. The van der Waals surface area contributed by atoms with Gasteiger partial charge in [0.2, 0.25) is 0 Å². The van der Waals surface area contributed by atoms with E-state index in [0.717, 1.165) is 0 Å².